The predicted molar refractivity (Wildman–Crippen MR) is 101 cm³/mol. The number of amides is 2. The molecule has 1 aromatic carbocycles. The van der Waals surface area contributed by atoms with Crippen molar-refractivity contribution in [2.75, 3.05) is 6.61 Å². The van der Waals surface area contributed by atoms with Gasteiger partial charge in [0.15, 0.2) is 0 Å². The summed E-state index contributed by atoms with van der Waals surface area (Å²) in [6, 6.07) is 3.65. The molecule has 4 nitrogen and oxygen atoms in total. The zero-order valence-corrected chi connectivity index (χ0v) is 17.0. The summed E-state index contributed by atoms with van der Waals surface area (Å²) in [4.78, 5) is 26.2. The number of thioether (sulfide) groups is 1. The molecule has 0 radical (unpaired) electrons. The molecule has 0 N–H and O–H groups in total. The zero-order valence-electron chi connectivity index (χ0n) is 13.1. The summed E-state index contributed by atoms with van der Waals surface area (Å²) in [5.41, 5.74) is 0.821. The maximum Gasteiger partial charge on any atom is 0.293 e. The van der Waals surface area contributed by atoms with E-state index in [4.69, 9.17) is 4.74 Å². The minimum absolute atomic E-state index is 0.0906. The molecule has 1 fully saturated rings. The van der Waals surface area contributed by atoms with Gasteiger partial charge in [-0.05, 0) is 87.7 Å². The van der Waals surface area contributed by atoms with E-state index in [0.717, 1.165) is 38.4 Å². The molecular formula is C16H17Br2NO3S. The maximum atomic E-state index is 12.4. The molecule has 0 aromatic heterocycles. The van der Waals surface area contributed by atoms with E-state index in [9.17, 15) is 9.59 Å². The monoisotopic (exact) mass is 461 g/mol. The molecule has 23 heavy (non-hydrogen) atoms. The van der Waals surface area contributed by atoms with Crippen molar-refractivity contribution >= 4 is 60.8 Å². The Labute approximate surface area is 156 Å². The minimum Gasteiger partial charge on any atom is -0.492 e. The van der Waals surface area contributed by atoms with Gasteiger partial charge in [-0.1, -0.05) is 6.92 Å². The number of carbonyl (C=O) groups excluding carboxylic acids is 2. The largest absolute Gasteiger partial charge is 0.492 e. The number of ether oxygens (including phenoxy) is 1. The molecule has 1 aliphatic heterocycles. The van der Waals surface area contributed by atoms with Crippen molar-refractivity contribution in [2.24, 2.45) is 0 Å². The van der Waals surface area contributed by atoms with Gasteiger partial charge >= 0.3 is 0 Å². The summed E-state index contributed by atoms with van der Waals surface area (Å²) in [7, 11) is 0. The highest BCUT2D eigenvalue weighted by Crippen LogP contribution is 2.38. The summed E-state index contributed by atoms with van der Waals surface area (Å²) < 4.78 is 7.13. The van der Waals surface area contributed by atoms with E-state index < -0.39 is 0 Å². The van der Waals surface area contributed by atoms with Gasteiger partial charge in [-0.2, -0.15) is 0 Å². The Balaban J connectivity index is 2.33. The Hall–Kier alpha value is -0.790. The number of imide groups is 1. The molecule has 0 spiro atoms. The molecule has 2 amide bonds. The third kappa shape index (κ3) is 4.00. The Morgan fingerprint density at radius 2 is 1.87 bits per heavy atom. The van der Waals surface area contributed by atoms with E-state index in [-0.39, 0.29) is 17.2 Å². The van der Waals surface area contributed by atoms with Crippen molar-refractivity contribution in [1.29, 1.82) is 0 Å². The smallest absolute Gasteiger partial charge is 0.293 e. The van der Waals surface area contributed by atoms with Crippen LogP contribution in [-0.4, -0.2) is 28.7 Å². The van der Waals surface area contributed by atoms with Crippen molar-refractivity contribution in [1.82, 2.24) is 4.90 Å². The molecule has 1 aliphatic rings. The molecule has 1 atom stereocenters. The van der Waals surface area contributed by atoms with Crippen LogP contribution in [0.5, 0.6) is 5.75 Å². The van der Waals surface area contributed by atoms with Crippen molar-refractivity contribution in [3.8, 4) is 5.75 Å². The van der Waals surface area contributed by atoms with Gasteiger partial charge in [0.2, 0.25) is 0 Å². The fourth-order valence-electron chi connectivity index (χ4n) is 2.14. The fourth-order valence-corrected chi connectivity index (χ4v) is 4.52. The van der Waals surface area contributed by atoms with E-state index >= 15 is 0 Å². The van der Waals surface area contributed by atoms with Gasteiger partial charge in [0.1, 0.15) is 5.75 Å². The normalized spacial score (nSPS) is 18.0. The van der Waals surface area contributed by atoms with Crippen molar-refractivity contribution in [3.05, 3.63) is 31.5 Å². The number of hydrogen-bond donors (Lipinski definition) is 0. The highest BCUT2D eigenvalue weighted by molar-refractivity contribution is 9.11. The standard InChI is InChI=1S/C16H17Br2NO3S/c1-4-9(3)19-15(20)13(23-16(19)21)8-10-6-11(17)14(22-5-2)12(18)7-10/h6-9H,4-5H2,1-3H3/b13-8+/t9-/m0/s1. The number of rotatable bonds is 5. The molecular weight excluding hydrogens is 446 g/mol. The fraction of sp³-hybridized carbons (Fsp3) is 0.375. The van der Waals surface area contributed by atoms with Gasteiger partial charge in [0.25, 0.3) is 11.1 Å². The van der Waals surface area contributed by atoms with E-state index in [1.54, 1.807) is 6.08 Å². The van der Waals surface area contributed by atoms with Gasteiger partial charge in [0.05, 0.1) is 20.5 Å². The first kappa shape index (κ1) is 18.5. The van der Waals surface area contributed by atoms with Crippen LogP contribution >= 0.6 is 43.6 Å². The molecule has 0 aliphatic carbocycles. The third-order valence-electron chi connectivity index (χ3n) is 3.46. The third-order valence-corrected chi connectivity index (χ3v) is 5.52. The van der Waals surface area contributed by atoms with E-state index in [0.29, 0.717) is 11.5 Å². The second-order valence-corrected chi connectivity index (χ2v) is 7.76. The summed E-state index contributed by atoms with van der Waals surface area (Å²) in [5.74, 6) is 0.493. The molecule has 1 aromatic rings. The quantitative estimate of drug-likeness (QED) is 0.546. The second kappa shape index (κ2) is 7.85. The van der Waals surface area contributed by atoms with Crippen molar-refractivity contribution in [3.63, 3.8) is 0 Å². The first-order valence-corrected chi connectivity index (χ1v) is 9.68. The van der Waals surface area contributed by atoms with Crippen LogP contribution < -0.4 is 4.74 Å². The van der Waals surface area contributed by atoms with Gasteiger partial charge < -0.3 is 4.74 Å². The van der Waals surface area contributed by atoms with Gasteiger partial charge in [-0.15, -0.1) is 0 Å². The van der Waals surface area contributed by atoms with Gasteiger partial charge in [-0.3, -0.25) is 14.5 Å². The average molecular weight is 463 g/mol. The Morgan fingerprint density at radius 1 is 1.26 bits per heavy atom. The lowest BCUT2D eigenvalue weighted by Crippen LogP contribution is -2.36. The lowest BCUT2D eigenvalue weighted by atomic mass is 10.2. The Kier molecular flexibility index (Phi) is 6.33. The van der Waals surface area contributed by atoms with Crippen LogP contribution in [0.4, 0.5) is 4.79 Å². The van der Waals surface area contributed by atoms with E-state index in [2.05, 4.69) is 31.9 Å². The second-order valence-electron chi connectivity index (χ2n) is 5.06. The molecule has 1 heterocycles. The lowest BCUT2D eigenvalue weighted by molar-refractivity contribution is -0.124. The molecule has 2 rings (SSSR count). The van der Waals surface area contributed by atoms with Crippen LogP contribution in [0, 0.1) is 0 Å². The highest BCUT2D eigenvalue weighted by Gasteiger charge is 2.37. The molecule has 0 saturated carbocycles. The molecule has 0 unspecified atom stereocenters. The van der Waals surface area contributed by atoms with Crippen LogP contribution in [-0.2, 0) is 4.79 Å². The Morgan fingerprint density at radius 3 is 2.39 bits per heavy atom. The summed E-state index contributed by atoms with van der Waals surface area (Å²) >= 11 is 7.92. The molecule has 1 saturated heterocycles. The van der Waals surface area contributed by atoms with Crippen LogP contribution in [0.25, 0.3) is 6.08 Å². The molecule has 124 valence electrons. The lowest BCUT2D eigenvalue weighted by Gasteiger charge is -2.19. The van der Waals surface area contributed by atoms with Crippen molar-refractivity contribution < 1.29 is 14.3 Å². The summed E-state index contributed by atoms with van der Waals surface area (Å²) in [5, 5.41) is -0.209. The number of carbonyl (C=O) groups is 2. The number of benzene rings is 1. The summed E-state index contributed by atoms with van der Waals surface area (Å²) in [6.07, 6.45) is 2.48. The highest BCUT2D eigenvalue weighted by atomic mass is 79.9. The average Bonchev–Trinajstić information content (AvgIpc) is 2.76. The minimum atomic E-state index is -0.226. The Bertz CT molecular complexity index is 652. The first-order valence-electron chi connectivity index (χ1n) is 7.27. The van der Waals surface area contributed by atoms with Crippen LogP contribution in [0.1, 0.15) is 32.8 Å². The molecule has 0 bridgehead atoms. The number of halogens is 2. The van der Waals surface area contributed by atoms with E-state index in [1.165, 1.54) is 4.90 Å². The topological polar surface area (TPSA) is 46.6 Å². The van der Waals surface area contributed by atoms with Gasteiger partial charge in [0, 0.05) is 6.04 Å². The molecule has 7 heteroatoms. The predicted octanol–water partition coefficient (Wildman–Crippen LogP) is 5.45. The van der Waals surface area contributed by atoms with Crippen LogP contribution in [0.3, 0.4) is 0 Å². The van der Waals surface area contributed by atoms with Crippen LogP contribution in [0.2, 0.25) is 0 Å². The SMILES string of the molecule is CCOc1c(Br)cc(/C=C2/SC(=O)N([C@@H](C)CC)C2=O)cc1Br. The van der Waals surface area contributed by atoms with Gasteiger partial charge in [-0.25, -0.2) is 0 Å². The number of hydrogen-bond acceptors (Lipinski definition) is 4. The van der Waals surface area contributed by atoms with Crippen molar-refractivity contribution in [2.45, 2.75) is 33.2 Å². The van der Waals surface area contributed by atoms with E-state index in [1.807, 2.05) is 32.9 Å². The zero-order chi connectivity index (χ0) is 17.1. The first-order chi connectivity index (χ1) is 10.9. The summed E-state index contributed by atoms with van der Waals surface area (Å²) in [6.45, 7) is 6.31. The number of nitrogens with zero attached hydrogens (tertiary/aromatic N) is 1. The van der Waals surface area contributed by atoms with Crippen LogP contribution in [0.15, 0.2) is 26.0 Å². The maximum absolute atomic E-state index is 12.4.